The van der Waals surface area contributed by atoms with E-state index < -0.39 is 0 Å². The highest BCUT2D eigenvalue weighted by Gasteiger charge is 2.32. The Morgan fingerprint density at radius 1 is 0.939 bits per heavy atom. The summed E-state index contributed by atoms with van der Waals surface area (Å²) in [7, 11) is 0. The van der Waals surface area contributed by atoms with Crippen LogP contribution in [-0.4, -0.2) is 41.9 Å². The number of carbonyl (C=O) groups is 1. The maximum absolute atomic E-state index is 13.1. The average molecular weight is 459 g/mol. The number of ether oxygens (including phenoxy) is 1. The molecule has 6 nitrogen and oxygen atoms in total. The molecule has 0 spiro atoms. The van der Waals surface area contributed by atoms with Crippen LogP contribution in [0.1, 0.15) is 17.0 Å². The van der Waals surface area contributed by atoms with Crippen molar-refractivity contribution in [1.82, 2.24) is 9.88 Å². The number of hydrogen-bond acceptors (Lipinski definition) is 4. The molecule has 7 heteroatoms. The zero-order chi connectivity index (χ0) is 22.9. The molecule has 5 rings (SSSR count). The molecule has 0 saturated carbocycles. The first-order chi connectivity index (χ1) is 16.0. The molecule has 3 aromatic rings. The van der Waals surface area contributed by atoms with Crippen LogP contribution in [0.25, 0.3) is 11.8 Å². The van der Waals surface area contributed by atoms with E-state index in [2.05, 4.69) is 59.0 Å². The highest BCUT2D eigenvalue weighted by atomic mass is 32.1. The first-order valence-corrected chi connectivity index (χ1v) is 11.5. The molecule has 0 unspecified atom stereocenters. The number of aryl methyl sites for hydroxylation is 1. The van der Waals surface area contributed by atoms with Crippen molar-refractivity contribution in [3.8, 4) is 5.69 Å². The first-order valence-electron chi connectivity index (χ1n) is 11.1. The van der Waals surface area contributed by atoms with Crippen molar-refractivity contribution >= 4 is 40.7 Å². The Kier molecular flexibility index (Phi) is 5.74. The number of nitrogens with one attached hydrogen (secondary N) is 1. The molecular weight excluding hydrogens is 432 g/mol. The quantitative estimate of drug-likeness (QED) is 0.469. The Bertz CT molecular complexity index is 1230. The van der Waals surface area contributed by atoms with E-state index in [9.17, 15) is 4.79 Å². The third kappa shape index (κ3) is 4.05. The van der Waals surface area contributed by atoms with Crippen molar-refractivity contribution < 1.29 is 9.53 Å². The lowest BCUT2D eigenvalue weighted by Gasteiger charge is -2.29. The lowest BCUT2D eigenvalue weighted by Crippen LogP contribution is -2.36. The lowest BCUT2D eigenvalue weighted by atomic mass is 10.2. The number of hydrogen-bond donors (Lipinski definition) is 1. The van der Waals surface area contributed by atoms with E-state index >= 15 is 0 Å². The van der Waals surface area contributed by atoms with Crippen molar-refractivity contribution in [3.05, 3.63) is 83.3 Å². The monoisotopic (exact) mass is 458 g/mol. The van der Waals surface area contributed by atoms with Gasteiger partial charge in [-0.25, -0.2) is 0 Å². The Balaban J connectivity index is 1.42. The Morgan fingerprint density at radius 3 is 2.30 bits per heavy atom. The Morgan fingerprint density at radius 2 is 1.61 bits per heavy atom. The number of anilines is 2. The predicted octanol–water partition coefficient (Wildman–Crippen LogP) is 4.19. The summed E-state index contributed by atoms with van der Waals surface area (Å²) in [6.45, 7) is 7.53. The van der Waals surface area contributed by atoms with E-state index in [4.69, 9.17) is 17.0 Å². The maximum atomic E-state index is 13.1. The van der Waals surface area contributed by atoms with Crippen LogP contribution in [0.5, 0.6) is 0 Å². The van der Waals surface area contributed by atoms with Crippen LogP contribution in [0.15, 0.2) is 66.4 Å². The van der Waals surface area contributed by atoms with Gasteiger partial charge < -0.3 is 19.5 Å². The van der Waals surface area contributed by atoms with Crippen LogP contribution < -0.4 is 15.1 Å². The summed E-state index contributed by atoms with van der Waals surface area (Å²) in [6.07, 6.45) is 1.89. The molecule has 2 saturated heterocycles. The van der Waals surface area contributed by atoms with Crippen LogP contribution in [0.4, 0.5) is 11.4 Å². The number of nitrogens with zero attached hydrogens (tertiary/aromatic N) is 3. The zero-order valence-corrected chi connectivity index (χ0v) is 19.6. The molecule has 0 atom stereocenters. The first kappa shape index (κ1) is 21.4. The lowest BCUT2D eigenvalue weighted by molar-refractivity contribution is -0.113. The van der Waals surface area contributed by atoms with Crippen LogP contribution in [0.3, 0.4) is 0 Å². The van der Waals surface area contributed by atoms with Crippen molar-refractivity contribution in [2.75, 3.05) is 36.1 Å². The third-order valence-corrected chi connectivity index (χ3v) is 6.43. The molecule has 2 aliphatic heterocycles. The van der Waals surface area contributed by atoms with E-state index in [1.165, 1.54) is 10.6 Å². The van der Waals surface area contributed by atoms with Gasteiger partial charge in [-0.3, -0.25) is 9.69 Å². The van der Waals surface area contributed by atoms with E-state index in [0.717, 1.165) is 54.6 Å². The highest BCUT2D eigenvalue weighted by Crippen LogP contribution is 2.27. The second-order valence-electron chi connectivity index (χ2n) is 8.24. The van der Waals surface area contributed by atoms with Crippen molar-refractivity contribution in [1.29, 1.82) is 0 Å². The average Bonchev–Trinajstić information content (AvgIpc) is 3.28. The fraction of sp³-hybridized carbons (Fsp3) is 0.231. The molecule has 0 radical (unpaired) electrons. The summed E-state index contributed by atoms with van der Waals surface area (Å²) in [5, 5.41) is 3.48. The van der Waals surface area contributed by atoms with Crippen molar-refractivity contribution in [3.63, 3.8) is 0 Å². The van der Waals surface area contributed by atoms with Gasteiger partial charge in [-0.1, -0.05) is 18.2 Å². The van der Waals surface area contributed by atoms with Gasteiger partial charge in [0.2, 0.25) is 0 Å². The molecule has 1 aromatic heterocycles. The van der Waals surface area contributed by atoms with Gasteiger partial charge in [0, 0.05) is 35.9 Å². The SMILES string of the molecule is Cc1cc(/C=C2\NC(=S)N(c3ccccc3)C2=O)c(C)n1-c1ccc(N2CCOCC2)cc1. The van der Waals surface area contributed by atoms with E-state index in [1.54, 1.807) is 0 Å². The predicted molar refractivity (Wildman–Crippen MR) is 136 cm³/mol. The summed E-state index contributed by atoms with van der Waals surface area (Å²) in [6, 6.07) is 20.2. The van der Waals surface area contributed by atoms with Gasteiger partial charge >= 0.3 is 0 Å². The summed E-state index contributed by atoms with van der Waals surface area (Å²) in [4.78, 5) is 16.9. The van der Waals surface area contributed by atoms with Crippen molar-refractivity contribution in [2.45, 2.75) is 13.8 Å². The molecule has 2 fully saturated rings. The van der Waals surface area contributed by atoms with Gasteiger partial charge in [-0.2, -0.15) is 0 Å². The van der Waals surface area contributed by atoms with E-state index in [0.29, 0.717) is 10.8 Å². The summed E-state index contributed by atoms with van der Waals surface area (Å²) < 4.78 is 7.67. The topological polar surface area (TPSA) is 49.7 Å². The van der Waals surface area contributed by atoms with Gasteiger partial charge in [-0.15, -0.1) is 0 Å². The Hall–Kier alpha value is -3.42. The maximum Gasteiger partial charge on any atom is 0.281 e. The van der Waals surface area contributed by atoms with Gasteiger partial charge in [0.05, 0.1) is 18.9 Å². The second-order valence-corrected chi connectivity index (χ2v) is 8.63. The molecule has 1 amide bonds. The molecule has 168 valence electrons. The second kappa shape index (κ2) is 8.84. The van der Waals surface area contributed by atoms with E-state index in [1.807, 2.05) is 36.4 Å². The summed E-state index contributed by atoms with van der Waals surface area (Å²) in [5.74, 6) is -0.147. The minimum atomic E-state index is -0.147. The number of rotatable bonds is 4. The van der Waals surface area contributed by atoms with Crippen LogP contribution in [0, 0.1) is 13.8 Å². The minimum absolute atomic E-state index is 0.147. The molecule has 0 bridgehead atoms. The fourth-order valence-corrected chi connectivity index (χ4v) is 4.77. The number of benzene rings is 2. The highest BCUT2D eigenvalue weighted by molar-refractivity contribution is 7.80. The zero-order valence-electron chi connectivity index (χ0n) is 18.7. The van der Waals surface area contributed by atoms with Gasteiger partial charge in [0.15, 0.2) is 5.11 Å². The molecule has 33 heavy (non-hydrogen) atoms. The van der Waals surface area contributed by atoms with Gasteiger partial charge in [0.25, 0.3) is 5.91 Å². The van der Waals surface area contributed by atoms with Crippen molar-refractivity contribution in [2.24, 2.45) is 0 Å². The number of carbonyl (C=O) groups excluding carboxylic acids is 1. The standard InChI is InChI=1S/C26H26N4O2S/c1-18-16-20(17-24-25(31)30(26(33)27-24)22-6-4-3-5-7-22)19(2)29(18)23-10-8-21(9-11-23)28-12-14-32-15-13-28/h3-11,16-17H,12-15H2,1-2H3,(H,27,33)/b24-17-. The number of morpholine rings is 1. The van der Waals surface area contributed by atoms with Crippen LogP contribution in [-0.2, 0) is 9.53 Å². The van der Waals surface area contributed by atoms with Gasteiger partial charge in [-0.05, 0) is 80.2 Å². The number of para-hydroxylation sites is 1. The van der Waals surface area contributed by atoms with Crippen LogP contribution >= 0.6 is 12.2 Å². The minimum Gasteiger partial charge on any atom is -0.378 e. The molecule has 2 aliphatic rings. The summed E-state index contributed by atoms with van der Waals surface area (Å²) >= 11 is 5.44. The van der Waals surface area contributed by atoms with Gasteiger partial charge in [0.1, 0.15) is 5.70 Å². The molecular formula is C26H26N4O2S. The number of thiocarbonyl (C=S) groups is 1. The smallest absolute Gasteiger partial charge is 0.281 e. The largest absolute Gasteiger partial charge is 0.378 e. The third-order valence-electron chi connectivity index (χ3n) is 6.15. The number of amides is 1. The molecule has 0 aliphatic carbocycles. The Labute approximate surface area is 199 Å². The number of aromatic nitrogens is 1. The normalized spacial score (nSPS) is 17.7. The molecule has 1 N–H and O–H groups in total. The molecule has 3 heterocycles. The van der Waals surface area contributed by atoms with E-state index in [-0.39, 0.29) is 5.91 Å². The summed E-state index contributed by atoms with van der Waals surface area (Å²) in [5.41, 5.74) is 6.70. The fourth-order valence-electron chi connectivity index (χ4n) is 4.47. The molecule has 2 aromatic carbocycles. The van der Waals surface area contributed by atoms with Crippen LogP contribution in [0.2, 0.25) is 0 Å².